The molecule has 2 rings (SSSR count). The van der Waals surface area contributed by atoms with Gasteiger partial charge in [0.1, 0.15) is 0 Å². The van der Waals surface area contributed by atoms with Crippen molar-refractivity contribution in [2.75, 3.05) is 0 Å². The fourth-order valence-electron chi connectivity index (χ4n) is 2.70. The van der Waals surface area contributed by atoms with Gasteiger partial charge in [0.05, 0.1) is 16.9 Å². The van der Waals surface area contributed by atoms with Crippen molar-refractivity contribution in [3.05, 3.63) is 29.3 Å². The molecule has 0 saturated heterocycles. The molecule has 7 nitrogen and oxygen atoms in total. The average molecular weight is 375 g/mol. The van der Waals surface area contributed by atoms with Crippen LogP contribution in [0.5, 0.6) is 0 Å². The van der Waals surface area contributed by atoms with Crippen molar-refractivity contribution in [1.29, 1.82) is 0 Å². The molecule has 1 aromatic rings. The molecule has 3 atom stereocenters. The summed E-state index contributed by atoms with van der Waals surface area (Å²) in [6, 6.07) is 4.06. The molecule has 0 aliphatic heterocycles. The highest BCUT2D eigenvalue weighted by atomic mass is 35.5. The van der Waals surface area contributed by atoms with E-state index in [2.05, 4.69) is 10.0 Å². The van der Waals surface area contributed by atoms with E-state index in [0.29, 0.717) is 24.3 Å². The van der Waals surface area contributed by atoms with E-state index in [-0.39, 0.29) is 4.90 Å². The summed E-state index contributed by atoms with van der Waals surface area (Å²) in [6.07, 6.45) is 1.79. The Morgan fingerprint density at radius 2 is 1.88 bits per heavy atom. The third-order valence-electron chi connectivity index (χ3n) is 4.01. The van der Waals surface area contributed by atoms with Gasteiger partial charge in [0.2, 0.25) is 15.9 Å². The molecule has 1 saturated carbocycles. The van der Waals surface area contributed by atoms with E-state index in [1.54, 1.807) is 0 Å². The fraction of sp³-hybridized carbons (Fsp3) is 0.467. The number of rotatable bonds is 6. The zero-order valence-corrected chi connectivity index (χ0v) is 14.6. The van der Waals surface area contributed by atoms with Crippen LogP contribution in [0.3, 0.4) is 0 Å². The minimum absolute atomic E-state index is 0.00386. The maximum Gasteiger partial charge on any atom is 0.308 e. The number of carboxylic acid groups (broad SMARTS) is 1. The summed E-state index contributed by atoms with van der Waals surface area (Å²) in [6.45, 7) is 1.41. The van der Waals surface area contributed by atoms with Crippen LogP contribution in [-0.2, 0) is 19.6 Å². The topological polar surface area (TPSA) is 113 Å². The Hall–Kier alpha value is -1.64. The largest absolute Gasteiger partial charge is 0.481 e. The number of sulfonamides is 1. The Bertz CT molecular complexity index is 720. The van der Waals surface area contributed by atoms with Gasteiger partial charge in [0.15, 0.2) is 0 Å². The molecule has 9 heteroatoms. The summed E-state index contributed by atoms with van der Waals surface area (Å²) >= 11 is 5.72. The van der Waals surface area contributed by atoms with E-state index in [9.17, 15) is 18.0 Å². The molecule has 132 valence electrons. The van der Waals surface area contributed by atoms with Crippen molar-refractivity contribution in [2.45, 2.75) is 43.2 Å². The van der Waals surface area contributed by atoms with Crippen LogP contribution in [0, 0.1) is 5.92 Å². The summed E-state index contributed by atoms with van der Waals surface area (Å²) in [7, 11) is -3.87. The van der Waals surface area contributed by atoms with E-state index in [4.69, 9.17) is 16.7 Å². The summed E-state index contributed by atoms with van der Waals surface area (Å²) in [5.41, 5.74) is 0. The SMILES string of the molecule is CC(NS(=O)(=O)c1ccc(Cl)cc1)C(=O)N[C@@H]1CCC[C@@H]1C(=O)O. The number of carbonyl (C=O) groups is 2. The van der Waals surface area contributed by atoms with Crippen LogP contribution in [0.15, 0.2) is 29.2 Å². The van der Waals surface area contributed by atoms with Crippen LogP contribution in [0.4, 0.5) is 0 Å². The van der Waals surface area contributed by atoms with E-state index < -0.39 is 39.9 Å². The monoisotopic (exact) mass is 374 g/mol. The van der Waals surface area contributed by atoms with Gasteiger partial charge in [-0.25, -0.2) is 8.42 Å². The summed E-state index contributed by atoms with van der Waals surface area (Å²) in [4.78, 5) is 23.3. The molecular formula is C15H19ClN2O5S. The lowest BCUT2D eigenvalue weighted by atomic mass is 10.0. The molecule has 1 aromatic carbocycles. The van der Waals surface area contributed by atoms with Crippen LogP contribution in [0.25, 0.3) is 0 Å². The molecule has 0 bridgehead atoms. The van der Waals surface area contributed by atoms with E-state index in [0.717, 1.165) is 0 Å². The molecule has 24 heavy (non-hydrogen) atoms. The van der Waals surface area contributed by atoms with Crippen molar-refractivity contribution >= 4 is 33.5 Å². The predicted molar refractivity (Wildman–Crippen MR) is 88.1 cm³/mol. The normalized spacial score (nSPS) is 22.1. The lowest BCUT2D eigenvalue weighted by molar-refractivity contribution is -0.142. The molecule has 0 spiro atoms. The second kappa shape index (κ2) is 7.50. The van der Waals surface area contributed by atoms with Crippen molar-refractivity contribution in [2.24, 2.45) is 5.92 Å². The highest BCUT2D eigenvalue weighted by Gasteiger charge is 2.35. The number of halogens is 1. The number of aliphatic carboxylic acids is 1. The predicted octanol–water partition coefficient (Wildman–Crippen LogP) is 1.38. The highest BCUT2D eigenvalue weighted by Crippen LogP contribution is 2.25. The van der Waals surface area contributed by atoms with E-state index in [1.807, 2.05) is 0 Å². The smallest absolute Gasteiger partial charge is 0.308 e. The first-order valence-electron chi connectivity index (χ1n) is 7.52. The van der Waals surface area contributed by atoms with Crippen molar-refractivity contribution < 1.29 is 23.1 Å². The van der Waals surface area contributed by atoms with Crippen molar-refractivity contribution in [1.82, 2.24) is 10.0 Å². The average Bonchev–Trinajstić information content (AvgIpc) is 2.95. The third-order valence-corrected chi connectivity index (χ3v) is 5.82. The van der Waals surface area contributed by atoms with Gasteiger partial charge >= 0.3 is 5.97 Å². The minimum atomic E-state index is -3.87. The summed E-state index contributed by atoms with van der Waals surface area (Å²) in [5.74, 6) is -2.13. The quantitative estimate of drug-likeness (QED) is 0.696. The lowest BCUT2D eigenvalue weighted by Crippen LogP contribution is -2.49. The van der Waals surface area contributed by atoms with Crippen LogP contribution in [-0.4, -0.2) is 37.5 Å². The van der Waals surface area contributed by atoms with Gasteiger partial charge in [0, 0.05) is 11.1 Å². The van der Waals surface area contributed by atoms with Crippen LogP contribution in [0.1, 0.15) is 26.2 Å². The third kappa shape index (κ3) is 4.46. The standard InChI is InChI=1S/C15H19ClN2O5S/c1-9(14(19)17-13-4-2-3-12(13)15(20)21)18-24(22,23)11-7-5-10(16)6-8-11/h5-9,12-13,18H,2-4H2,1H3,(H,17,19)(H,20,21)/t9?,12-,13+/m0/s1. The first-order chi connectivity index (χ1) is 11.2. The molecule has 0 aromatic heterocycles. The molecule has 0 heterocycles. The second-order valence-electron chi connectivity index (χ2n) is 5.79. The van der Waals surface area contributed by atoms with Gasteiger partial charge in [-0.05, 0) is 44.0 Å². The van der Waals surface area contributed by atoms with Crippen LogP contribution < -0.4 is 10.0 Å². The first kappa shape index (κ1) is 18.7. The van der Waals surface area contributed by atoms with E-state index in [1.165, 1.54) is 31.2 Å². The van der Waals surface area contributed by atoms with Gasteiger partial charge in [-0.2, -0.15) is 4.72 Å². The number of hydrogen-bond acceptors (Lipinski definition) is 4. The molecule has 1 aliphatic rings. The zero-order chi connectivity index (χ0) is 17.9. The molecular weight excluding hydrogens is 356 g/mol. The summed E-state index contributed by atoms with van der Waals surface area (Å²) in [5, 5.41) is 12.1. The van der Waals surface area contributed by atoms with Gasteiger partial charge < -0.3 is 10.4 Å². The van der Waals surface area contributed by atoms with Crippen LogP contribution >= 0.6 is 11.6 Å². The minimum Gasteiger partial charge on any atom is -0.481 e. The van der Waals surface area contributed by atoms with Gasteiger partial charge in [0.25, 0.3) is 0 Å². The molecule has 3 N–H and O–H groups in total. The Morgan fingerprint density at radius 1 is 1.25 bits per heavy atom. The van der Waals surface area contributed by atoms with Gasteiger partial charge in [-0.3, -0.25) is 9.59 Å². The molecule has 1 unspecified atom stereocenters. The highest BCUT2D eigenvalue weighted by molar-refractivity contribution is 7.89. The molecule has 0 radical (unpaired) electrons. The maximum atomic E-state index is 12.2. The van der Waals surface area contributed by atoms with Crippen molar-refractivity contribution in [3.63, 3.8) is 0 Å². The number of carbonyl (C=O) groups excluding carboxylic acids is 1. The Balaban J connectivity index is 2.00. The van der Waals surface area contributed by atoms with Crippen LogP contribution in [0.2, 0.25) is 5.02 Å². The molecule has 1 aliphatic carbocycles. The number of hydrogen-bond donors (Lipinski definition) is 3. The fourth-order valence-corrected chi connectivity index (χ4v) is 4.03. The molecule has 1 amide bonds. The van der Waals surface area contributed by atoms with Gasteiger partial charge in [-0.15, -0.1) is 0 Å². The Labute approximate surface area is 145 Å². The Kier molecular flexibility index (Phi) is 5.84. The first-order valence-corrected chi connectivity index (χ1v) is 9.38. The second-order valence-corrected chi connectivity index (χ2v) is 7.94. The number of amides is 1. The van der Waals surface area contributed by atoms with E-state index >= 15 is 0 Å². The van der Waals surface area contributed by atoms with Gasteiger partial charge in [-0.1, -0.05) is 18.0 Å². The number of carboxylic acids is 1. The van der Waals surface area contributed by atoms with Crippen molar-refractivity contribution in [3.8, 4) is 0 Å². The summed E-state index contributed by atoms with van der Waals surface area (Å²) < 4.78 is 26.8. The lowest BCUT2D eigenvalue weighted by Gasteiger charge is -2.21. The number of benzene rings is 1. The Morgan fingerprint density at radius 3 is 2.46 bits per heavy atom. The zero-order valence-electron chi connectivity index (χ0n) is 13.0. The number of nitrogens with one attached hydrogen (secondary N) is 2. The molecule has 1 fully saturated rings. The maximum absolute atomic E-state index is 12.2.